The zero-order valence-corrected chi connectivity index (χ0v) is 8.48. The van der Waals surface area contributed by atoms with Crippen molar-refractivity contribution in [3.63, 3.8) is 0 Å². The van der Waals surface area contributed by atoms with Crippen LogP contribution in [0.4, 0.5) is 0 Å². The summed E-state index contributed by atoms with van der Waals surface area (Å²) in [6, 6.07) is 21.3. The van der Waals surface area contributed by atoms with Gasteiger partial charge in [-0.15, -0.1) is 0 Å². The van der Waals surface area contributed by atoms with E-state index in [1.807, 2.05) is 0 Å². The highest BCUT2D eigenvalue weighted by atomic mass is 14.3. The van der Waals surface area contributed by atoms with E-state index in [9.17, 15) is 0 Å². The lowest BCUT2D eigenvalue weighted by Gasteiger charge is -1.92. The molecule has 2 aromatic rings. The largest absolute Gasteiger partial charge is 0.0776 e. The molecule has 0 aromatic heterocycles. The van der Waals surface area contributed by atoms with Crippen molar-refractivity contribution < 1.29 is 0 Å². The first-order valence-corrected chi connectivity index (χ1v) is 5.28. The second-order valence-corrected chi connectivity index (χ2v) is 3.87. The van der Waals surface area contributed by atoms with E-state index in [1.54, 1.807) is 0 Å². The van der Waals surface area contributed by atoms with Crippen LogP contribution >= 0.6 is 0 Å². The van der Waals surface area contributed by atoms with Crippen LogP contribution in [0, 0.1) is 0 Å². The maximum absolute atomic E-state index is 2.19. The summed E-state index contributed by atoms with van der Waals surface area (Å²) in [5, 5.41) is 0. The Labute approximate surface area is 97.3 Å². The van der Waals surface area contributed by atoms with Crippen molar-refractivity contribution in [3.05, 3.63) is 71.8 Å². The van der Waals surface area contributed by atoms with Crippen molar-refractivity contribution >= 4 is 11.1 Å². The van der Waals surface area contributed by atoms with Gasteiger partial charge in [-0.3, -0.25) is 0 Å². The molecule has 0 saturated carbocycles. The molecule has 0 heterocycles. The fourth-order valence-electron chi connectivity index (χ4n) is 1.96. The van der Waals surface area contributed by atoms with Gasteiger partial charge < -0.3 is 0 Å². The molecule has 16 heavy (non-hydrogen) atoms. The minimum atomic E-state index is 0. The van der Waals surface area contributed by atoms with Crippen molar-refractivity contribution in [1.29, 1.82) is 0 Å². The smallest absolute Gasteiger partial charge is 0.000775 e. The van der Waals surface area contributed by atoms with Gasteiger partial charge in [-0.05, 0) is 28.7 Å². The van der Waals surface area contributed by atoms with Crippen molar-refractivity contribution in [1.82, 2.24) is 0 Å². The van der Waals surface area contributed by atoms with E-state index in [0.29, 0.717) is 0 Å². The summed E-state index contributed by atoms with van der Waals surface area (Å²) in [6.07, 6.45) is 1.15. The quantitative estimate of drug-likeness (QED) is 0.674. The monoisotopic (exact) mass is 208 g/mol. The number of rotatable bonds is 2. The Kier molecular flexibility index (Phi) is 2.91. The van der Waals surface area contributed by atoms with Crippen molar-refractivity contribution in [2.45, 2.75) is 13.8 Å². The summed E-state index contributed by atoms with van der Waals surface area (Å²) in [5.74, 6) is 0. The van der Waals surface area contributed by atoms with E-state index in [-0.39, 0.29) is 7.43 Å². The molecule has 0 aliphatic heterocycles. The molecule has 0 atom stereocenters. The van der Waals surface area contributed by atoms with Crippen LogP contribution in [0.2, 0.25) is 0 Å². The molecule has 0 bridgehead atoms. The standard InChI is InChI=1S/C15H12.CH4/c1-3-7-12(8-4-1)14-11-15(14)13-9-5-2-6-10-13;/h1-10H,11H2;1H4. The normalized spacial score (nSPS) is 13.2. The third-order valence-electron chi connectivity index (χ3n) is 2.84. The van der Waals surface area contributed by atoms with Gasteiger partial charge in [-0.25, -0.2) is 0 Å². The highest BCUT2D eigenvalue weighted by Gasteiger charge is 2.23. The van der Waals surface area contributed by atoms with Crippen molar-refractivity contribution in [2.24, 2.45) is 0 Å². The third-order valence-corrected chi connectivity index (χ3v) is 2.84. The highest BCUT2D eigenvalue weighted by molar-refractivity contribution is 6.07. The molecule has 0 radical (unpaired) electrons. The van der Waals surface area contributed by atoms with Gasteiger partial charge in [-0.1, -0.05) is 68.1 Å². The molecule has 0 N–H and O–H groups in total. The first-order valence-electron chi connectivity index (χ1n) is 5.28. The van der Waals surface area contributed by atoms with Gasteiger partial charge in [0.15, 0.2) is 0 Å². The maximum Gasteiger partial charge on any atom is -0.000775 e. The van der Waals surface area contributed by atoms with Gasteiger partial charge in [-0.2, -0.15) is 0 Å². The molecular weight excluding hydrogens is 192 g/mol. The van der Waals surface area contributed by atoms with Gasteiger partial charge in [0, 0.05) is 0 Å². The summed E-state index contributed by atoms with van der Waals surface area (Å²) < 4.78 is 0. The molecule has 0 heteroatoms. The molecule has 0 amide bonds. The number of benzene rings is 2. The van der Waals surface area contributed by atoms with E-state index < -0.39 is 0 Å². The second-order valence-electron chi connectivity index (χ2n) is 3.87. The highest BCUT2D eigenvalue weighted by Crippen LogP contribution is 2.46. The predicted octanol–water partition coefficient (Wildman–Crippen LogP) is 4.64. The van der Waals surface area contributed by atoms with Crippen LogP contribution in [0.25, 0.3) is 11.1 Å². The Morgan fingerprint density at radius 1 is 0.562 bits per heavy atom. The molecule has 1 aliphatic carbocycles. The molecule has 0 spiro atoms. The first kappa shape index (κ1) is 10.7. The van der Waals surface area contributed by atoms with Gasteiger partial charge in [0.25, 0.3) is 0 Å². The fraction of sp³-hybridized carbons (Fsp3) is 0.125. The predicted molar refractivity (Wildman–Crippen MR) is 71.0 cm³/mol. The zero-order valence-electron chi connectivity index (χ0n) is 8.48. The van der Waals surface area contributed by atoms with Crippen molar-refractivity contribution in [2.75, 3.05) is 0 Å². The minimum Gasteiger partial charge on any atom is -0.0776 e. The molecule has 1 aliphatic rings. The summed E-state index contributed by atoms with van der Waals surface area (Å²) in [5.41, 5.74) is 5.75. The van der Waals surface area contributed by atoms with Crippen LogP contribution in [-0.2, 0) is 0 Å². The van der Waals surface area contributed by atoms with Crippen LogP contribution < -0.4 is 0 Å². The summed E-state index contributed by atoms with van der Waals surface area (Å²) in [7, 11) is 0. The molecule has 2 aromatic carbocycles. The van der Waals surface area contributed by atoms with Crippen LogP contribution in [-0.4, -0.2) is 0 Å². The third kappa shape index (κ3) is 1.92. The SMILES string of the molecule is C.c1ccc(C2=C(c3ccccc3)C2)cc1. The fourth-order valence-corrected chi connectivity index (χ4v) is 1.96. The van der Waals surface area contributed by atoms with Crippen LogP contribution in [0.15, 0.2) is 60.7 Å². The minimum absolute atomic E-state index is 0. The first-order chi connectivity index (χ1) is 7.45. The zero-order chi connectivity index (χ0) is 10.1. The van der Waals surface area contributed by atoms with E-state index in [1.165, 1.54) is 22.3 Å². The van der Waals surface area contributed by atoms with Crippen LogP contribution in [0.3, 0.4) is 0 Å². The lowest BCUT2D eigenvalue weighted by molar-refractivity contribution is 1.57. The summed E-state index contributed by atoms with van der Waals surface area (Å²) in [6.45, 7) is 0. The Bertz CT molecular complexity index is 445. The topological polar surface area (TPSA) is 0 Å². The molecule has 0 fully saturated rings. The average Bonchev–Trinajstić information content (AvgIpc) is 3.11. The molecule has 80 valence electrons. The summed E-state index contributed by atoms with van der Waals surface area (Å²) in [4.78, 5) is 0. The van der Waals surface area contributed by atoms with Gasteiger partial charge in [0.2, 0.25) is 0 Å². The van der Waals surface area contributed by atoms with Crippen LogP contribution in [0.1, 0.15) is 25.0 Å². The summed E-state index contributed by atoms with van der Waals surface area (Å²) >= 11 is 0. The number of allylic oxidation sites excluding steroid dienone is 2. The van der Waals surface area contributed by atoms with E-state index in [2.05, 4.69) is 60.7 Å². The number of hydrogen-bond donors (Lipinski definition) is 0. The Balaban J connectivity index is 0.000000963. The lowest BCUT2D eigenvalue weighted by Crippen LogP contribution is -1.70. The number of hydrogen-bond acceptors (Lipinski definition) is 0. The molecule has 0 unspecified atom stereocenters. The molecular formula is C16H16. The Morgan fingerprint density at radius 3 is 1.31 bits per heavy atom. The molecule has 0 nitrogen and oxygen atoms in total. The van der Waals surface area contributed by atoms with Gasteiger partial charge in [0.1, 0.15) is 0 Å². The van der Waals surface area contributed by atoms with E-state index >= 15 is 0 Å². The second kappa shape index (κ2) is 4.36. The Hall–Kier alpha value is -1.82. The van der Waals surface area contributed by atoms with Gasteiger partial charge >= 0.3 is 0 Å². The van der Waals surface area contributed by atoms with E-state index in [0.717, 1.165) is 6.42 Å². The molecule has 3 rings (SSSR count). The Morgan fingerprint density at radius 2 is 0.938 bits per heavy atom. The maximum atomic E-state index is 2.19. The van der Waals surface area contributed by atoms with E-state index in [4.69, 9.17) is 0 Å². The average molecular weight is 208 g/mol. The van der Waals surface area contributed by atoms with Crippen molar-refractivity contribution in [3.8, 4) is 0 Å². The van der Waals surface area contributed by atoms with Crippen LogP contribution in [0.5, 0.6) is 0 Å². The van der Waals surface area contributed by atoms with Gasteiger partial charge in [0.05, 0.1) is 0 Å². The molecule has 0 saturated heterocycles. The lowest BCUT2D eigenvalue weighted by atomic mass is 10.1.